The Morgan fingerprint density at radius 3 is 2.60 bits per heavy atom. The molecule has 0 aliphatic heterocycles. The maximum absolute atomic E-state index is 12.6. The maximum Gasteiger partial charge on any atom is 0.136 e. The minimum atomic E-state index is -0.0728. The third-order valence-electron chi connectivity index (χ3n) is 10.5. The summed E-state index contributed by atoms with van der Waals surface area (Å²) in [5.74, 6) is 3.55. The number of carbonyl (C=O) groups is 1. The number of rotatable bonds is 0. The molecule has 5 rings (SSSR count). The molecule has 2 heteroatoms. The molecule has 0 amide bonds. The van der Waals surface area contributed by atoms with Crippen LogP contribution in [0.15, 0.2) is 0 Å². The van der Waals surface area contributed by atoms with E-state index in [1.807, 2.05) is 0 Å². The maximum atomic E-state index is 12.6. The van der Waals surface area contributed by atoms with E-state index in [4.69, 9.17) is 0 Å². The van der Waals surface area contributed by atoms with Crippen molar-refractivity contribution in [3.8, 4) is 0 Å². The van der Waals surface area contributed by atoms with Gasteiger partial charge in [-0.3, -0.25) is 4.79 Å². The van der Waals surface area contributed by atoms with Crippen molar-refractivity contribution < 1.29 is 9.90 Å². The van der Waals surface area contributed by atoms with E-state index < -0.39 is 0 Å². The third-order valence-corrected chi connectivity index (χ3v) is 10.5. The summed E-state index contributed by atoms with van der Waals surface area (Å²) in [5.41, 5.74) is 1.14. The predicted molar refractivity (Wildman–Crippen MR) is 99.0 cm³/mol. The monoisotopic (exact) mass is 344 g/mol. The van der Waals surface area contributed by atoms with E-state index in [1.54, 1.807) is 0 Å². The van der Waals surface area contributed by atoms with Crippen LogP contribution < -0.4 is 0 Å². The molecule has 0 bridgehead atoms. The van der Waals surface area contributed by atoms with Gasteiger partial charge in [-0.2, -0.15) is 0 Å². The molecule has 0 aromatic heterocycles. The van der Waals surface area contributed by atoms with Gasteiger partial charge in [0.15, 0.2) is 0 Å². The highest BCUT2D eigenvalue weighted by Gasteiger charge is 2.65. The summed E-state index contributed by atoms with van der Waals surface area (Å²) in [6.07, 6.45) is 14.4. The van der Waals surface area contributed by atoms with Gasteiger partial charge in [-0.15, -0.1) is 0 Å². The first-order chi connectivity index (χ1) is 11.9. The molecule has 1 N–H and O–H groups in total. The Bertz CT molecular complexity index is 585. The second-order valence-electron chi connectivity index (χ2n) is 11.0. The lowest BCUT2D eigenvalue weighted by molar-refractivity contribution is -0.177. The standard InChI is InChI=1S/C23H36O2/c1-21-11-8-16-17(22(21,2)12-7-15(24)14-21)9-13-23-10-3-4-20(25)19(23)6-5-18(16)23/h15-19,24H,3-14H2,1-2H3/t15-,16?,17?,18?,19?,21?,22?,23?/m1/s1. The van der Waals surface area contributed by atoms with Crippen molar-refractivity contribution in [3.05, 3.63) is 0 Å². The van der Waals surface area contributed by atoms with E-state index in [0.29, 0.717) is 27.9 Å². The van der Waals surface area contributed by atoms with E-state index >= 15 is 0 Å². The molecule has 7 unspecified atom stereocenters. The number of Topliss-reactive ketones (excluding diaryl/α,β-unsaturated/α-hetero) is 1. The van der Waals surface area contributed by atoms with E-state index in [1.165, 1.54) is 51.4 Å². The molecule has 2 nitrogen and oxygen atoms in total. The molecular formula is C23H36O2. The summed E-state index contributed by atoms with van der Waals surface area (Å²) in [7, 11) is 0. The van der Waals surface area contributed by atoms with Crippen LogP contribution in [0.4, 0.5) is 0 Å². The van der Waals surface area contributed by atoms with E-state index in [2.05, 4.69) is 13.8 Å². The molecule has 8 atom stereocenters. The van der Waals surface area contributed by atoms with Crippen LogP contribution in [0.1, 0.15) is 90.9 Å². The highest BCUT2D eigenvalue weighted by atomic mass is 16.3. The van der Waals surface area contributed by atoms with Crippen LogP contribution in [-0.2, 0) is 4.79 Å². The van der Waals surface area contributed by atoms with Crippen molar-refractivity contribution in [2.75, 3.05) is 0 Å². The number of carbonyl (C=O) groups excluding carboxylic acids is 1. The predicted octanol–water partition coefficient (Wildman–Crippen LogP) is 5.13. The molecule has 0 radical (unpaired) electrons. The number of ketones is 1. The summed E-state index contributed by atoms with van der Waals surface area (Å²) >= 11 is 0. The van der Waals surface area contributed by atoms with E-state index in [0.717, 1.165) is 43.4 Å². The van der Waals surface area contributed by atoms with Crippen molar-refractivity contribution in [1.29, 1.82) is 0 Å². The molecule has 0 heterocycles. The SMILES string of the molecule is CC12CCC3C4CCC5C(=O)CCCC54CCC3C1(C)CC[C@@H](O)C2. The van der Waals surface area contributed by atoms with Gasteiger partial charge in [0.25, 0.3) is 0 Å². The van der Waals surface area contributed by atoms with E-state index in [9.17, 15) is 9.90 Å². The topological polar surface area (TPSA) is 37.3 Å². The number of aliphatic hydroxyl groups excluding tert-OH is 1. The summed E-state index contributed by atoms with van der Waals surface area (Å²) in [4.78, 5) is 12.6. The molecule has 5 aliphatic carbocycles. The van der Waals surface area contributed by atoms with Crippen LogP contribution in [0.5, 0.6) is 0 Å². The van der Waals surface area contributed by atoms with Crippen molar-refractivity contribution in [1.82, 2.24) is 0 Å². The largest absolute Gasteiger partial charge is 0.393 e. The van der Waals surface area contributed by atoms with Crippen LogP contribution in [0.25, 0.3) is 0 Å². The van der Waals surface area contributed by atoms with Crippen LogP contribution in [-0.4, -0.2) is 17.0 Å². The molecular weight excluding hydrogens is 308 g/mol. The quantitative estimate of drug-likeness (QED) is 0.661. The van der Waals surface area contributed by atoms with Crippen molar-refractivity contribution in [2.45, 2.75) is 97.0 Å². The van der Waals surface area contributed by atoms with Gasteiger partial charge in [-0.05, 0) is 105 Å². The fourth-order valence-corrected chi connectivity index (χ4v) is 9.15. The fourth-order valence-electron chi connectivity index (χ4n) is 9.15. The molecule has 5 saturated carbocycles. The zero-order valence-electron chi connectivity index (χ0n) is 16.2. The Labute approximate surface area is 153 Å². The van der Waals surface area contributed by atoms with Crippen molar-refractivity contribution in [2.24, 2.45) is 39.9 Å². The molecule has 0 aromatic rings. The Hall–Kier alpha value is -0.370. The van der Waals surface area contributed by atoms with Gasteiger partial charge in [0, 0.05) is 12.3 Å². The first-order valence-corrected chi connectivity index (χ1v) is 11.1. The van der Waals surface area contributed by atoms with Crippen LogP contribution >= 0.6 is 0 Å². The van der Waals surface area contributed by atoms with Gasteiger partial charge in [-0.1, -0.05) is 13.8 Å². The lowest BCUT2D eigenvalue weighted by Gasteiger charge is -2.65. The minimum Gasteiger partial charge on any atom is -0.393 e. The third kappa shape index (κ3) is 2.04. The first kappa shape index (κ1) is 16.8. The number of hydrogen-bond acceptors (Lipinski definition) is 2. The zero-order chi connectivity index (χ0) is 17.4. The zero-order valence-corrected chi connectivity index (χ0v) is 16.2. The highest BCUT2D eigenvalue weighted by molar-refractivity contribution is 5.83. The Kier molecular flexibility index (Phi) is 3.58. The Morgan fingerprint density at radius 2 is 1.76 bits per heavy atom. The molecule has 5 aliphatic rings. The molecule has 5 fully saturated rings. The van der Waals surface area contributed by atoms with Gasteiger partial charge in [0.05, 0.1) is 6.10 Å². The average molecular weight is 345 g/mol. The lowest BCUT2D eigenvalue weighted by Crippen LogP contribution is -2.59. The van der Waals surface area contributed by atoms with Gasteiger partial charge < -0.3 is 5.11 Å². The molecule has 0 aromatic carbocycles. The van der Waals surface area contributed by atoms with Gasteiger partial charge >= 0.3 is 0 Å². The van der Waals surface area contributed by atoms with Gasteiger partial charge in [0.2, 0.25) is 0 Å². The Morgan fingerprint density at radius 1 is 0.920 bits per heavy atom. The Balaban J connectivity index is 1.48. The first-order valence-electron chi connectivity index (χ1n) is 11.1. The average Bonchev–Trinajstić information content (AvgIpc) is 2.97. The summed E-state index contributed by atoms with van der Waals surface area (Å²) in [5, 5.41) is 10.3. The second kappa shape index (κ2) is 5.33. The van der Waals surface area contributed by atoms with Crippen molar-refractivity contribution in [3.63, 3.8) is 0 Å². The fraction of sp³-hybridized carbons (Fsp3) is 0.957. The van der Waals surface area contributed by atoms with Crippen LogP contribution in [0.2, 0.25) is 0 Å². The summed E-state index contributed by atoms with van der Waals surface area (Å²) in [6, 6.07) is 0. The second-order valence-corrected chi connectivity index (χ2v) is 11.0. The minimum absolute atomic E-state index is 0.0728. The van der Waals surface area contributed by atoms with Crippen molar-refractivity contribution >= 4 is 5.78 Å². The summed E-state index contributed by atoms with van der Waals surface area (Å²) < 4.78 is 0. The summed E-state index contributed by atoms with van der Waals surface area (Å²) in [6.45, 7) is 5.06. The van der Waals surface area contributed by atoms with Crippen LogP contribution in [0, 0.1) is 39.9 Å². The number of fused-ring (bicyclic) bond motifs is 4. The normalized spacial score (nSPS) is 58.0. The molecule has 0 saturated heterocycles. The van der Waals surface area contributed by atoms with Crippen LogP contribution in [0.3, 0.4) is 0 Å². The molecule has 140 valence electrons. The highest BCUT2D eigenvalue weighted by Crippen LogP contribution is 2.72. The smallest absolute Gasteiger partial charge is 0.136 e. The number of aliphatic hydroxyl groups is 1. The van der Waals surface area contributed by atoms with E-state index in [-0.39, 0.29) is 6.10 Å². The number of hydrogen-bond donors (Lipinski definition) is 1. The molecule has 25 heavy (non-hydrogen) atoms. The van der Waals surface area contributed by atoms with Gasteiger partial charge in [-0.25, -0.2) is 0 Å². The molecule has 1 spiro atoms. The van der Waals surface area contributed by atoms with Gasteiger partial charge in [0.1, 0.15) is 5.78 Å². The lowest BCUT2D eigenvalue weighted by atomic mass is 9.39.